The second-order valence-electron chi connectivity index (χ2n) is 8.19. The molecule has 0 aliphatic carbocycles. The van der Waals surface area contributed by atoms with E-state index in [4.69, 9.17) is 14.2 Å². The van der Waals surface area contributed by atoms with E-state index < -0.39 is 89.6 Å². The number of amides is 1. The second kappa shape index (κ2) is 10.3. The van der Waals surface area contributed by atoms with Crippen molar-refractivity contribution in [3.8, 4) is 0 Å². The molecule has 2 aromatic rings. The fourth-order valence-electron chi connectivity index (χ4n) is 4.03. The Balaban J connectivity index is 2.28. The number of carbonyl (C=O) groups is 3. The number of hydrogen-bond acceptors (Lipinski definition) is 9. The van der Waals surface area contributed by atoms with Crippen LogP contribution in [0.3, 0.4) is 0 Å². The van der Waals surface area contributed by atoms with Crippen molar-refractivity contribution in [2.45, 2.75) is 77.5 Å². The minimum absolute atomic E-state index is 0.0273. The molecule has 13 nitrogen and oxygen atoms in total. The standard InChI is InChI=1S/C20H23F4N5O8/c1-5-10(35-8(3)31)13-11(21)14(36-9(4)32)17(37-13)29-15-12(28(19(29)34)6-20(22,23)24)16(33)27-18(26-15)25-7(2)30/h10-11,13-14,17H,5-6H2,1-4H3,(H2,25,26,27,30,33)/t10?,11-,13+,14+,17+/m0/s1. The summed E-state index contributed by atoms with van der Waals surface area (Å²) >= 11 is 0. The smallest absolute Gasteiger partial charge is 0.406 e. The van der Waals surface area contributed by atoms with E-state index in [0.717, 1.165) is 20.8 Å². The predicted octanol–water partition coefficient (Wildman–Crippen LogP) is 0.916. The third-order valence-corrected chi connectivity index (χ3v) is 5.29. The van der Waals surface area contributed by atoms with E-state index in [9.17, 15) is 37.1 Å². The summed E-state index contributed by atoms with van der Waals surface area (Å²) < 4.78 is 71.6. The number of nitrogens with one attached hydrogen (secondary N) is 2. The van der Waals surface area contributed by atoms with Crippen LogP contribution in [0.5, 0.6) is 0 Å². The lowest BCUT2D eigenvalue weighted by molar-refractivity contribution is -0.159. The zero-order chi connectivity index (χ0) is 27.8. The number of carbonyl (C=O) groups excluding carboxylic acids is 3. The minimum atomic E-state index is -4.97. The Morgan fingerprint density at radius 1 is 1.19 bits per heavy atom. The molecule has 1 amide bonds. The number of fused-ring (bicyclic) bond motifs is 1. The van der Waals surface area contributed by atoms with E-state index >= 15 is 4.39 Å². The lowest BCUT2D eigenvalue weighted by Crippen LogP contribution is -2.40. The highest BCUT2D eigenvalue weighted by molar-refractivity contribution is 5.87. The summed E-state index contributed by atoms with van der Waals surface area (Å²) in [7, 11) is 0. The van der Waals surface area contributed by atoms with E-state index in [0.29, 0.717) is 4.57 Å². The number of hydrogen-bond donors (Lipinski definition) is 2. The molecule has 2 aromatic heterocycles. The molecule has 0 bridgehead atoms. The topological polar surface area (TPSA) is 164 Å². The van der Waals surface area contributed by atoms with Gasteiger partial charge in [-0.25, -0.2) is 13.8 Å². The molecule has 0 spiro atoms. The normalized spacial score (nSPS) is 22.6. The van der Waals surface area contributed by atoms with Gasteiger partial charge in [0.1, 0.15) is 18.8 Å². The van der Waals surface area contributed by atoms with Crippen LogP contribution in [-0.4, -0.2) is 67.6 Å². The predicted molar refractivity (Wildman–Crippen MR) is 115 cm³/mol. The number of anilines is 1. The Morgan fingerprint density at radius 2 is 1.84 bits per heavy atom. The average Bonchev–Trinajstić information content (AvgIpc) is 3.18. The maximum Gasteiger partial charge on any atom is 0.406 e. The van der Waals surface area contributed by atoms with Crippen molar-refractivity contribution in [1.29, 1.82) is 0 Å². The van der Waals surface area contributed by atoms with Crippen LogP contribution in [0.2, 0.25) is 0 Å². The van der Waals surface area contributed by atoms with Gasteiger partial charge in [-0.3, -0.25) is 34.0 Å². The van der Waals surface area contributed by atoms with Crippen LogP contribution in [-0.2, 0) is 35.1 Å². The molecule has 1 aliphatic heterocycles. The quantitative estimate of drug-likeness (QED) is 0.386. The Bertz CT molecular complexity index is 1330. The first-order chi connectivity index (χ1) is 17.1. The summed E-state index contributed by atoms with van der Waals surface area (Å²) in [5.41, 5.74) is -4.28. The Labute approximate surface area is 204 Å². The van der Waals surface area contributed by atoms with Crippen LogP contribution in [0.4, 0.5) is 23.5 Å². The number of esters is 2. The summed E-state index contributed by atoms with van der Waals surface area (Å²) in [6, 6.07) is 0. The van der Waals surface area contributed by atoms with E-state index in [2.05, 4.69) is 15.3 Å². The molecule has 0 radical (unpaired) electrons. The number of nitrogens with zero attached hydrogens (tertiary/aromatic N) is 3. The monoisotopic (exact) mass is 537 g/mol. The van der Waals surface area contributed by atoms with Gasteiger partial charge in [0.25, 0.3) is 5.56 Å². The number of alkyl halides is 4. The van der Waals surface area contributed by atoms with Gasteiger partial charge in [-0.05, 0) is 6.42 Å². The molecule has 37 heavy (non-hydrogen) atoms. The van der Waals surface area contributed by atoms with Crippen LogP contribution in [0.15, 0.2) is 9.59 Å². The zero-order valence-electron chi connectivity index (χ0n) is 19.9. The molecule has 1 fully saturated rings. The minimum Gasteiger partial charge on any atom is -0.460 e. The molecule has 0 saturated carbocycles. The second-order valence-corrected chi connectivity index (χ2v) is 8.19. The van der Waals surface area contributed by atoms with Crippen LogP contribution in [0, 0.1) is 0 Å². The van der Waals surface area contributed by atoms with Gasteiger partial charge in [0.15, 0.2) is 29.7 Å². The number of halogens is 4. The van der Waals surface area contributed by atoms with Crippen molar-refractivity contribution in [1.82, 2.24) is 19.1 Å². The number of H-pyrrole nitrogens is 1. The van der Waals surface area contributed by atoms with Crippen molar-refractivity contribution in [3.63, 3.8) is 0 Å². The van der Waals surface area contributed by atoms with Crippen molar-refractivity contribution >= 4 is 35.0 Å². The number of aromatic nitrogens is 4. The first kappa shape index (κ1) is 27.8. The molecular weight excluding hydrogens is 514 g/mol. The van der Waals surface area contributed by atoms with Crippen molar-refractivity contribution in [3.05, 3.63) is 20.8 Å². The van der Waals surface area contributed by atoms with E-state index in [1.807, 2.05) is 0 Å². The van der Waals surface area contributed by atoms with Crippen molar-refractivity contribution in [2.75, 3.05) is 5.32 Å². The summed E-state index contributed by atoms with van der Waals surface area (Å²) in [6.07, 6.45) is -13.8. The highest BCUT2D eigenvalue weighted by Crippen LogP contribution is 2.37. The summed E-state index contributed by atoms with van der Waals surface area (Å²) in [4.78, 5) is 66.5. The molecule has 1 saturated heterocycles. The molecule has 17 heteroatoms. The number of rotatable bonds is 7. The number of imidazole rings is 1. The lowest BCUT2D eigenvalue weighted by atomic mass is 10.0. The largest absolute Gasteiger partial charge is 0.460 e. The maximum atomic E-state index is 15.5. The molecule has 3 rings (SSSR count). The van der Waals surface area contributed by atoms with E-state index in [-0.39, 0.29) is 11.0 Å². The third-order valence-electron chi connectivity index (χ3n) is 5.29. The van der Waals surface area contributed by atoms with Crippen LogP contribution < -0.4 is 16.6 Å². The first-order valence-corrected chi connectivity index (χ1v) is 10.9. The van der Waals surface area contributed by atoms with Crippen LogP contribution in [0.1, 0.15) is 40.3 Å². The van der Waals surface area contributed by atoms with E-state index in [1.165, 1.54) is 6.92 Å². The molecule has 1 aliphatic rings. The summed E-state index contributed by atoms with van der Waals surface area (Å²) in [5.74, 6) is -3.04. The van der Waals surface area contributed by atoms with Gasteiger partial charge in [0.05, 0.1) is 0 Å². The Kier molecular flexibility index (Phi) is 7.75. The molecule has 2 N–H and O–H groups in total. The molecule has 3 heterocycles. The molecule has 0 aromatic carbocycles. The first-order valence-electron chi connectivity index (χ1n) is 10.9. The van der Waals surface area contributed by atoms with Gasteiger partial charge in [-0.2, -0.15) is 18.2 Å². The molecular formula is C20H23F4N5O8. The number of aromatic amines is 1. The molecule has 5 atom stereocenters. The van der Waals surface area contributed by atoms with Crippen LogP contribution >= 0.6 is 0 Å². The van der Waals surface area contributed by atoms with Gasteiger partial charge in [-0.15, -0.1) is 0 Å². The average molecular weight is 537 g/mol. The van der Waals surface area contributed by atoms with Crippen molar-refractivity contribution < 1.29 is 46.2 Å². The van der Waals surface area contributed by atoms with Crippen LogP contribution in [0.25, 0.3) is 11.2 Å². The Hall–Kier alpha value is -3.76. The van der Waals surface area contributed by atoms with Gasteiger partial charge in [0, 0.05) is 20.8 Å². The van der Waals surface area contributed by atoms with Gasteiger partial charge >= 0.3 is 23.8 Å². The SMILES string of the molecule is CCC(OC(C)=O)[C@H]1O[C@@H](n2c(=O)n(CC(F)(F)F)c3c(=O)[nH]c(NC(C)=O)nc32)[C@H](OC(C)=O)[C@H]1F. The fourth-order valence-corrected chi connectivity index (χ4v) is 4.03. The van der Waals surface area contributed by atoms with E-state index in [1.54, 1.807) is 0 Å². The summed E-state index contributed by atoms with van der Waals surface area (Å²) in [5, 5.41) is 2.13. The maximum absolute atomic E-state index is 15.5. The van der Waals surface area contributed by atoms with Gasteiger partial charge < -0.3 is 14.2 Å². The highest BCUT2D eigenvalue weighted by atomic mass is 19.4. The summed E-state index contributed by atoms with van der Waals surface area (Å²) in [6.45, 7) is 2.65. The van der Waals surface area contributed by atoms with Crippen molar-refractivity contribution in [2.24, 2.45) is 0 Å². The lowest BCUT2D eigenvalue weighted by Gasteiger charge is -2.23. The number of ether oxygens (including phenoxy) is 3. The third kappa shape index (κ3) is 5.81. The van der Waals surface area contributed by atoms with Gasteiger partial charge in [0.2, 0.25) is 11.9 Å². The molecule has 1 unspecified atom stereocenters. The Morgan fingerprint density at radius 3 is 2.35 bits per heavy atom. The highest BCUT2D eigenvalue weighted by Gasteiger charge is 2.53. The fraction of sp³-hybridized carbons (Fsp3) is 0.600. The van der Waals surface area contributed by atoms with Gasteiger partial charge in [-0.1, -0.05) is 6.92 Å². The zero-order valence-corrected chi connectivity index (χ0v) is 19.9. The molecule has 204 valence electrons.